The van der Waals surface area contributed by atoms with Crippen molar-refractivity contribution in [3.63, 3.8) is 0 Å². The Hall–Kier alpha value is -6.84. The molecule has 3 nitrogen and oxygen atoms in total. The standard InChI is InChI=1S/C49H32N2O/c1-4-14-32(15-5-1)35-25-27-41(39-19-9-3-8-18-37(35)39)46-31-45(33-16-6-2-7-17-33)50-49(51-46)43-28-26-36(38-20-10-11-21-40(38)43)34-24-29-48-44(30-34)42-22-12-13-23-47(42)52-48/h1-2,4-31H,3H2. The van der Waals surface area contributed by atoms with Crippen molar-refractivity contribution in [3.05, 3.63) is 181 Å². The summed E-state index contributed by atoms with van der Waals surface area (Å²) in [6, 6.07) is 55.4. The molecular formula is C49H32N2O. The van der Waals surface area contributed by atoms with E-state index in [4.69, 9.17) is 14.4 Å². The van der Waals surface area contributed by atoms with Crippen LogP contribution in [0.3, 0.4) is 0 Å². The highest BCUT2D eigenvalue weighted by molar-refractivity contribution is 6.09. The van der Waals surface area contributed by atoms with E-state index in [9.17, 15) is 0 Å². The molecule has 0 spiro atoms. The number of allylic oxidation sites excluding steroid dienone is 2. The highest BCUT2D eigenvalue weighted by atomic mass is 16.3. The first-order chi connectivity index (χ1) is 25.8. The molecule has 0 saturated carbocycles. The van der Waals surface area contributed by atoms with Gasteiger partial charge in [0.05, 0.1) is 11.4 Å². The van der Waals surface area contributed by atoms with Crippen molar-refractivity contribution in [2.75, 3.05) is 0 Å². The maximum absolute atomic E-state index is 6.15. The van der Waals surface area contributed by atoms with Crippen LogP contribution in [0, 0.1) is 0 Å². The molecule has 2 aromatic heterocycles. The Kier molecular flexibility index (Phi) is 7.21. The van der Waals surface area contributed by atoms with E-state index in [1.165, 1.54) is 22.3 Å². The molecule has 0 atom stereocenters. The third-order valence-corrected chi connectivity index (χ3v) is 10.1. The van der Waals surface area contributed by atoms with Gasteiger partial charge >= 0.3 is 0 Å². The fourth-order valence-corrected chi connectivity index (χ4v) is 7.64. The van der Waals surface area contributed by atoms with Gasteiger partial charge in [0.2, 0.25) is 0 Å². The van der Waals surface area contributed by atoms with Crippen LogP contribution < -0.4 is 0 Å². The van der Waals surface area contributed by atoms with Gasteiger partial charge in [-0.25, -0.2) is 9.97 Å². The van der Waals surface area contributed by atoms with Crippen molar-refractivity contribution in [2.24, 2.45) is 0 Å². The van der Waals surface area contributed by atoms with Crippen LogP contribution in [-0.2, 0) is 0 Å². The number of furan rings is 1. The largest absolute Gasteiger partial charge is 0.456 e. The molecule has 10 rings (SSSR count). The summed E-state index contributed by atoms with van der Waals surface area (Å²) in [6.45, 7) is 0. The van der Waals surface area contributed by atoms with Gasteiger partial charge in [-0.1, -0.05) is 152 Å². The average molecular weight is 665 g/mol. The van der Waals surface area contributed by atoms with Crippen LogP contribution >= 0.6 is 0 Å². The normalized spacial score (nSPS) is 12.4. The molecule has 2 heterocycles. The minimum Gasteiger partial charge on any atom is -0.456 e. The number of hydrogen-bond acceptors (Lipinski definition) is 3. The Morgan fingerprint density at radius 3 is 1.75 bits per heavy atom. The van der Waals surface area contributed by atoms with Gasteiger partial charge in [0.25, 0.3) is 0 Å². The molecule has 1 aliphatic carbocycles. The highest BCUT2D eigenvalue weighted by Gasteiger charge is 2.19. The number of benzene rings is 7. The molecular weight excluding hydrogens is 633 g/mol. The van der Waals surface area contributed by atoms with Gasteiger partial charge in [0.1, 0.15) is 11.2 Å². The predicted molar refractivity (Wildman–Crippen MR) is 217 cm³/mol. The molecule has 9 aromatic rings. The molecule has 1 aliphatic rings. The number of rotatable bonds is 5. The zero-order valence-electron chi connectivity index (χ0n) is 28.3. The van der Waals surface area contributed by atoms with E-state index in [1.54, 1.807) is 0 Å². The molecule has 0 radical (unpaired) electrons. The fraction of sp³-hybridized carbons (Fsp3) is 0.0204. The van der Waals surface area contributed by atoms with E-state index < -0.39 is 0 Å². The van der Waals surface area contributed by atoms with E-state index in [1.807, 2.05) is 18.2 Å². The average Bonchev–Trinajstić information content (AvgIpc) is 3.40. The predicted octanol–water partition coefficient (Wildman–Crippen LogP) is 13.3. The van der Waals surface area contributed by atoms with Crippen molar-refractivity contribution in [3.8, 4) is 56.2 Å². The van der Waals surface area contributed by atoms with E-state index in [0.717, 1.165) is 78.3 Å². The van der Waals surface area contributed by atoms with Crippen molar-refractivity contribution < 1.29 is 4.42 Å². The van der Waals surface area contributed by atoms with Crippen LogP contribution in [0.5, 0.6) is 0 Å². The summed E-state index contributed by atoms with van der Waals surface area (Å²) < 4.78 is 6.15. The van der Waals surface area contributed by atoms with Gasteiger partial charge in [-0.2, -0.15) is 0 Å². The number of para-hydroxylation sites is 1. The second-order valence-electron chi connectivity index (χ2n) is 13.2. The van der Waals surface area contributed by atoms with Crippen LogP contribution in [0.15, 0.2) is 174 Å². The first kappa shape index (κ1) is 30.0. The Bertz CT molecular complexity index is 2860. The minimum atomic E-state index is 0.699. The molecule has 0 bridgehead atoms. The smallest absolute Gasteiger partial charge is 0.161 e. The van der Waals surface area contributed by atoms with Crippen LogP contribution in [0.25, 0.3) is 101 Å². The molecule has 3 heteroatoms. The number of aromatic nitrogens is 2. The summed E-state index contributed by atoms with van der Waals surface area (Å²) in [5, 5.41) is 4.50. The lowest BCUT2D eigenvalue weighted by Crippen LogP contribution is -1.99. The molecule has 0 unspecified atom stereocenters. The zero-order chi connectivity index (χ0) is 34.4. The molecule has 52 heavy (non-hydrogen) atoms. The summed E-state index contributed by atoms with van der Waals surface area (Å²) in [7, 11) is 0. The monoisotopic (exact) mass is 664 g/mol. The summed E-state index contributed by atoms with van der Waals surface area (Å²) in [5.41, 5.74) is 13.8. The van der Waals surface area contributed by atoms with Crippen molar-refractivity contribution >= 4 is 44.9 Å². The third-order valence-electron chi connectivity index (χ3n) is 10.1. The molecule has 7 aromatic carbocycles. The van der Waals surface area contributed by atoms with Crippen LogP contribution in [0.2, 0.25) is 0 Å². The summed E-state index contributed by atoms with van der Waals surface area (Å²) >= 11 is 0. The molecule has 0 N–H and O–H groups in total. The highest BCUT2D eigenvalue weighted by Crippen LogP contribution is 2.41. The minimum absolute atomic E-state index is 0.699. The first-order valence-corrected chi connectivity index (χ1v) is 17.7. The molecule has 244 valence electrons. The second-order valence-corrected chi connectivity index (χ2v) is 13.2. The Balaban J connectivity index is 1.17. The van der Waals surface area contributed by atoms with Crippen LogP contribution in [0.4, 0.5) is 0 Å². The Morgan fingerprint density at radius 2 is 0.962 bits per heavy atom. The van der Waals surface area contributed by atoms with Gasteiger partial charge < -0.3 is 4.42 Å². The summed E-state index contributed by atoms with van der Waals surface area (Å²) in [4.78, 5) is 10.6. The Morgan fingerprint density at radius 1 is 0.385 bits per heavy atom. The van der Waals surface area contributed by atoms with Gasteiger partial charge in [-0.05, 0) is 80.9 Å². The molecule has 0 fully saturated rings. The Labute approximate surface area is 301 Å². The number of hydrogen-bond donors (Lipinski definition) is 0. The lowest BCUT2D eigenvalue weighted by atomic mass is 9.90. The quantitative estimate of drug-likeness (QED) is 0.184. The number of nitrogens with zero attached hydrogens (tertiary/aromatic N) is 2. The van der Waals surface area contributed by atoms with Gasteiger partial charge in [0, 0.05) is 27.5 Å². The SMILES string of the molecule is C1=Cc2c(-c3ccccc3)ccc(-c3cc(-c4ccccc4)nc(-c4ccc(-c5ccc6oc7ccccc7c6c5)c5ccccc45)n3)c2C=CC1. The topological polar surface area (TPSA) is 38.9 Å². The van der Waals surface area contributed by atoms with Crippen molar-refractivity contribution in [1.29, 1.82) is 0 Å². The van der Waals surface area contributed by atoms with E-state index in [2.05, 4.69) is 164 Å². The maximum Gasteiger partial charge on any atom is 0.161 e. The first-order valence-electron chi connectivity index (χ1n) is 17.7. The second kappa shape index (κ2) is 12.5. The van der Waals surface area contributed by atoms with Crippen molar-refractivity contribution in [1.82, 2.24) is 9.97 Å². The van der Waals surface area contributed by atoms with Crippen molar-refractivity contribution in [2.45, 2.75) is 6.42 Å². The van der Waals surface area contributed by atoms with E-state index >= 15 is 0 Å². The summed E-state index contributed by atoms with van der Waals surface area (Å²) in [6.07, 6.45) is 9.87. The van der Waals surface area contributed by atoms with Crippen LogP contribution in [-0.4, -0.2) is 9.97 Å². The zero-order valence-corrected chi connectivity index (χ0v) is 28.3. The lowest BCUT2D eigenvalue weighted by molar-refractivity contribution is 0.669. The van der Waals surface area contributed by atoms with E-state index in [0.29, 0.717) is 5.82 Å². The fourth-order valence-electron chi connectivity index (χ4n) is 7.64. The maximum atomic E-state index is 6.15. The summed E-state index contributed by atoms with van der Waals surface area (Å²) in [5.74, 6) is 0.699. The molecule has 0 amide bonds. The third kappa shape index (κ3) is 5.14. The number of fused-ring (bicyclic) bond motifs is 5. The van der Waals surface area contributed by atoms with Crippen LogP contribution in [0.1, 0.15) is 17.5 Å². The molecule has 0 aliphatic heterocycles. The van der Waals surface area contributed by atoms with Gasteiger partial charge in [0.15, 0.2) is 5.82 Å². The van der Waals surface area contributed by atoms with E-state index in [-0.39, 0.29) is 0 Å². The molecule has 0 saturated heterocycles. The van der Waals surface area contributed by atoms with Gasteiger partial charge in [-0.15, -0.1) is 0 Å². The van der Waals surface area contributed by atoms with Gasteiger partial charge in [-0.3, -0.25) is 0 Å². The lowest BCUT2D eigenvalue weighted by Gasteiger charge is -2.17.